The molecule has 1 amide bonds. The van der Waals surface area contributed by atoms with E-state index in [1.807, 2.05) is 6.07 Å². The van der Waals surface area contributed by atoms with Crippen LogP contribution in [0.25, 0.3) is 10.2 Å². The van der Waals surface area contributed by atoms with Crippen molar-refractivity contribution in [2.45, 2.75) is 31.2 Å². The fourth-order valence-electron chi connectivity index (χ4n) is 2.25. The van der Waals surface area contributed by atoms with Gasteiger partial charge in [0.25, 0.3) is 5.56 Å². The molecule has 0 saturated heterocycles. The number of carbonyl (C=O) groups is 1. The molecular formula is C12H12BrN3O3S. The average molecular weight is 358 g/mol. The molecule has 0 aromatic carbocycles. The molecule has 1 fully saturated rings. The lowest BCUT2D eigenvalue weighted by atomic mass is 10.1. The fourth-order valence-corrected chi connectivity index (χ4v) is 3.67. The van der Waals surface area contributed by atoms with Crippen molar-refractivity contribution in [2.24, 2.45) is 0 Å². The first-order valence-electron chi connectivity index (χ1n) is 6.17. The third-order valence-corrected chi connectivity index (χ3v) is 5.09. The number of fused-ring (bicyclic) bond motifs is 1. The molecule has 0 unspecified atom stereocenters. The molecule has 2 aromatic heterocycles. The van der Waals surface area contributed by atoms with E-state index in [-0.39, 0.29) is 11.1 Å². The molecule has 0 bridgehead atoms. The first-order chi connectivity index (χ1) is 9.47. The number of nitrogens with one attached hydrogen (secondary N) is 2. The zero-order chi connectivity index (χ0) is 14.3. The van der Waals surface area contributed by atoms with Gasteiger partial charge in [0.05, 0.1) is 9.30 Å². The van der Waals surface area contributed by atoms with Gasteiger partial charge in [-0.25, -0.2) is 9.78 Å². The number of amides is 1. The van der Waals surface area contributed by atoms with Crippen LogP contribution in [0.1, 0.15) is 25.1 Å². The van der Waals surface area contributed by atoms with Gasteiger partial charge in [0.2, 0.25) is 0 Å². The van der Waals surface area contributed by atoms with E-state index in [0.29, 0.717) is 28.9 Å². The Hall–Kier alpha value is -1.41. The van der Waals surface area contributed by atoms with Gasteiger partial charge in [-0.15, -0.1) is 11.3 Å². The van der Waals surface area contributed by atoms with E-state index in [4.69, 9.17) is 5.11 Å². The topological polar surface area (TPSA) is 95.1 Å². The molecule has 0 aliphatic heterocycles. The molecule has 2 aromatic rings. The van der Waals surface area contributed by atoms with E-state index in [2.05, 4.69) is 31.2 Å². The number of hydrogen-bond donors (Lipinski definition) is 3. The highest BCUT2D eigenvalue weighted by Gasteiger charge is 2.43. The second-order valence-electron chi connectivity index (χ2n) is 4.99. The van der Waals surface area contributed by atoms with Crippen molar-refractivity contribution in [2.75, 3.05) is 0 Å². The normalized spacial score (nSPS) is 16.2. The first kappa shape index (κ1) is 13.6. The zero-order valence-corrected chi connectivity index (χ0v) is 12.8. The minimum absolute atomic E-state index is 0.142. The summed E-state index contributed by atoms with van der Waals surface area (Å²) in [5.74, 6) is 0.603. The molecule has 0 radical (unpaired) electrons. The Morgan fingerprint density at radius 3 is 3.00 bits per heavy atom. The monoisotopic (exact) mass is 357 g/mol. The van der Waals surface area contributed by atoms with Crippen LogP contribution in [0.2, 0.25) is 0 Å². The Morgan fingerprint density at radius 1 is 1.60 bits per heavy atom. The number of H-pyrrole nitrogens is 1. The van der Waals surface area contributed by atoms with Crippen LogP contribution in [0.4, 0.5) is 4.79 Å². The van der Waals surface area contributed by atoms with Gasteiger partial charge >= 0.3 is 6.09 Å². The summed E-state index contributed by atoms with van der Waals surface area (Å²) in [4.78, 5) is 29.8. The maximum atomic E-state index is 11.9. The van der Waals surface area contributed by atoms with Crippen LogP contribution in [0, 0.1) is 0 Å². The van der Waals surface area contributed by atoms with E-state index < -0.39 is 6.09 Å². The average Bonchev–Trinajstić information content (AvgIpc) is 2.99. The molecule has 1 saturated carbocycles. The van der Waals surface area contributed by atoms with Crippen molar-refractivity contribution in [1.29, 1.82) is 0 Å². The summed E-state index contributed by atoms with van der Waals surface area (Å²) < 4.78 is 1.47. The fraction of sp³-hybridized carbons (Fsp3) is 0.417. The number of rotatable bonds is 4. The van der Waals surface area contributed by atoms with Gasteiger partial charge in [-0.05, 0) is 41.3 Å². The Labute approximate surface area is 126 Å². The van der Waals surface area contributed by atoms with E-state index in [0.717, 1.165) is 16.6 Å². The van der Waals surface area contributed by atoms with Crippen molar-refractivity contribution in [3.05, 3.63) is 26.0 Å². The highest BCUT2D eigenvalue weighted by molar-refractivity contribution is 9.11. The highest BCUT2D eigenvalue weighted by Crippen LogP contribution is 2.39. The summed E-state index contributed by atoms with van der Waals surface area (Å²) >= 11 is 4.69. The molecule has 0 spiro atoms. The minimum atomic E-state index is -0.999. The lowest BCUT2D eigenvalue weighted by Gasteiger charge is -2.14. The molecular weight excluding hydrogens is 346 g/mol. The van der Waals surface area contributed by atoms with Gasteiger partial charge in [0.15, 0.2) is 0 Å². The second-order valence-corrected chi connectivity index (χ2v) is 7.42. The first-order valence-corrected chi connectivity index (χ1v) is 7.78. The smallest absolute Gasteiger partial charge is 0.405 e. The highest BCUT2D eigenvalue weighted by atomic mass is 79.9. The van der Waals surface area contributed by atoms with Gasteiger partial charge < -0.3 is 15.4 Å². The summed E-state index contributed by atoms with van der Waals surface area (Å²) in [6.07, 6.45) is 1.89. The van der Waals surface area contributed by atoms with Gasteiger partial charge in [-0.3, -0.25) is 4.79 Å². The number of nitrogens with zero attached hydrogens (tertiary/aromatic N) is 1. The van der Waals surface area contributed by atoms with Crippen LogP contribution in [-0.2, 0) is 6.42 Å². The Kier molecular flexibility index (Phi) is 3.29. The predicted molar refractivity (Wildman–Crippen MR) is 79.4 cm³/mol. The lowest BCUT2D eigenvalue weighted by molar-refractivity contribution is 0.187. The molecule has 8 heteroatoms. The van der Waals surface area contributed by atoms with Crippen molar-refractivity contribution in [3.8, 4) is 0 Å². The molecule has 3 rings (SSSR count). The zero-order valence-electron chi connectivity index (χ0n) is 10.4. The molecule has 20 heavy (non-hydrogen) atoms. The lowest BCUT2D eigenvalue weighted by Crippen LogP contribution is -2.36. The van der Waals surface area contributed by atoms with Gasteiger partial charge in [0, 0.05) is 12.0 Å². The number of aromatic amines is 1. The van der Waals surface area contributed by atoms with Crippen LogP contribution < -0.4 is 10.9 Å². The molecule has 2 heterocycles. The Balaban J connectivity index is 1.78. The Morgan fingerprint density at radius 2 is 2.35 bits per heavy atom. The summed E-state index contributed by atoms with van der Waals surface area (Å²) in [5.41, 5.74) is 0.211. The van der Waals surface area contributed by atoms with Gasteiger partial charge in [0.1, 0.15) is 10.5 Å². The van der Waals surface area contributed by atoms with Gasteiger partial charge in [-0.2, -0.15) is 0 Å². The SMILES string of the molecule is O=C(O)NC1(CCc2nc3cc(Br)sc3c(=O)[nH]2)CC1. The maximum absolute atomic E-state index is 11.9. The van der Waals surface area contributed by atoms with Crippen molar-refractivity contribution in [1.82, 2.24) is 15.3 Å². The van der Waals surface area contributed by atoms with Crippen LogP contribution in [-0.4, -0.2) is 26.7 Å². The van der Waals surface area contributed by atoms with Crippen LogP contribution in [0.15, 0.2) is 14.6 Å². The van der Waals surface area contributed by atoms with E-state index in [9.17, 15) is 9.59 Å². The molecule has 1 aliphatic carbocycles. The van der Waals surface area contributed by atoms with E-state index in [1.54, 1.807) is 0 Å². The largest absolute Gasteiger partial charge is 0.465 e. The van der Waals surface area contributed by atoms with Crippen LogP contribution >= 0.6 is 27.3 Å². The number of thiophene rings is 1. The Bertz CT molecular complexity index is 735. The minimum Gasteiger partial charge on any atom is -0.465 e. The van der Waals surface area contributed by atoms with Crippen LogP contribution in [0.5, 0.6) is 0 Å². The molecule has 0 atom stereocenters. The van der Waals surface area contributed by atoms with Crippen molar-refractivity contribution >= 4 is 43.6 Å². The van der Waals surface area contributed by atoms with Gasteiger partial charge in [-0.1, -0.05) is 0 Å². The summed E-state index contributed by atoms with van der Waals surface area (Å²) in [5, 5.41) is 11.3. The predicted octanol–water partition coefficient (Wildman–Crippen LogP) is 2.48. The maximum Gasteiger partial charge on any atom is 0.405 e. The second kappa shape index (κ2) is 4.85. The number of hydrogen-bond acceptors (Lipinski definition) is 4. The molecule has 106 valence electrons. The third-order valence-electron chi connectivity index (χ3n) is 3.47. The number of halogens is 1. The molecule has 6 nitrogen and oxygen atoms in total. The quantitative estimate of drug-likeness (QED) is 0.783. The summed E-state index contributed by atoms with van der Waals surface area (Å²) in [7, 11) is 0. The number of carboxylic acid groups (broad SMARTS) is 1. The van der Waals surface area contributed by atoms with Crippen molar-refractivity contribution < 1.29 is 9.90 Å². The standard InChI is InChI=1S/C12H12BrN3O3S/c13-7-5-6-9(20-7)10(17)15-8(14-6)1-2-12(3-4-12)16-11(18)19/h5,16H,1-4H2,(H,18,19)(H,14,15,17). The summed E-state index contributed by atoms with van der Waals surface area (Å²) in [6.45, 7) is 0. The van der Waals surface area contributed by atoms with E-state index in [1.165, 1.54) is 11.3 Å². The molecule has 3 N–H and O–H groups in total. The number of aromatic nitrogens is 2. The number of aryl methyl sites for hydroxylation is 1. The summed E-state index contributed by atoms with van der Waals surface area (Å²) in [6, 6.07) is 1.82. The van der Waals surface area contributed by atoms with E-state index >= 15 is 0 Å². The third kappa shape index (κ3) is 2.71. The van der Waals surface area contributed by atoms with Crippen molar-refractivity contribution in [3.63, 3.8) is 0 Å². The molecule has 1 aliphatic rings. The van der Waals surface area contributed by atoms with Crippen LogP contribution in [0.3, 0.4) is 0 Å².